The van der Waals surface area contributed by atoms with E-state index in [2.05, 4.69) is 22.3 Å². The van der Waals surface area contributed by atoms with Crippen LogP contribution in [0.3, 0.4) is 0 Å². The maximum atomic E-state index is 13.1. The predicted octanol–water partition coefficient (Wildman–Crippen LogP) is 2.26. The SMILES string of the molecule is CCC(C)NC(=O)COC(=O)c1cccc(S(=O)(=O)N2CCN(Cc3ccccc3)CC2)c1. The van der Waals surface area contributed by atoms with Gasteiger partial charge in [0.25, 0.3) is 5.91 Å². The Morgan fingerprint density at radius 3 is 2.39 bits per heavy atom. The number of carbonyl (C=O) groups is 2. The maximum absolute atomic E-state index is 13.1. The van der Waals surface area contributed by atoms with Crippen molar-refractivity contribution in [2.75, 3.05) is 32.8 Å². The van der Waals surface area contributed by atoms with Gasteiger partial charge in [-0.3, -0.25) is 9.69 Å². The minimum Gasteiger partial charge on any atom is -0.452 e. The van der Waals surface area contributed by atoms with Crippen LogP contribution in [0, 0.1) is 0 Å². The van der Waals surface area contributed by atoms with Crippen LogP contribution < -0.4 is 5.32 Å². The highest BCUT2D eigenvalue weighted by Crippen LogP contribution is 2.20. The van der Waals surface area contributed by atoms with Gasteiger partial charge in [-0.15, -0.1) is 0 Å². The first-order valence-corrected chi connectivity index (χ1v) is 12.6. The highest BCUT2D eigenvalue weighted by molar-refractivity contribution is 7.89. The fourth-order valence-corrected chi connectivity index (χ4v) is 5.00. The molecule has 0 aromatic heterocycles. The van der Waals surface area contributed by atoms with E-state index in [1.807, 2.05) is 32.0 Å². The molecule has 1 aliphatic heterocycles. The van der Waals surface area contributed by atoms with Crippen molar-refractivity contribution in [3.63, 3.8) is 0 Å². The van der Waals surface area contributed by atoms with Crippen LogP contribution in [0.5, 0.6) is 0 Å². The standard InChI is InChI=1S/C24H31N3O5S/c1-3-19(2)25-23(28)18-32-24(29)21-10-7-11-22(16-21)33(30,31)27-14-12-26(13-15-27)17-20-8-5-4-6-9-20/h4-11,16,19H,3,12-15,17-18H2,1-2H3,(H,25,28). The molecular formula is C24H31N3O5S. The number of ether oxygens (including phenoxy) is 1. The van der Waals surface area contributed by atoms with E-state index in [9.17, 15) is 18.0 Å². The predicted molar refractivity (Wildman–Crippen MR) is 125 cm³/mol. The monoisotopic (exact) mass is 473 g/mol. The molecule has 2 aromatic carbocycles. The topological polar surface area (TPSA) is 96.0 Å². The van der Waals surface area contributed by atoms with Crippen molar-refractivity contribution in [3.05, 3.63) is 65.7 Å². The van der Waals surface area contributed by atoms with Crippen molar-refractivity contribution in [3.8, 4) is 0 Å². The van der Waals surface area contributed by atoms with E-state index >= 15 is 0 Å². The van der Waals surface area contributed by atoms with E-state index in [0.717, 1.165) is 13.0 Å². The summed E-state index contributed by atoms with van der Waals surface area (Å²) in [5, 5.41) is 2.71. The van der Waals surface area contributed by atoms with E-state index < -0.39 is 28.5 Å². The molecule has 1 fully saturated rings. The zero-order valence-corrected chi connectivity index (χ0v) is 19.9. The minimum atomic E-state index is -3.75. The van der Waals surface area contributed by atoms with Crippen LogP contribution in [0.2, 0.25) is 0 Å². The van der Waals surface area contributed by atoms with Crippen molar-refractivity contribution in [1.82, 2.24) is 14.5 Å². The van der Waals surface area contributed by atoms with E-state index in [1.165, 1.54) is 34.1 Å². The zero-order valence-electron chi connectivity index (χ0n) is 19.1. The van der Waals surface area contributed by atoms with Crippen molar-refractivity contribution < 1.29 is 22.7 Å². The Bertz CT molecular complexity index is 1050. The molecule has 1 aliphatic rings. The second-order valence-corrected chi connectivity index (χ2v) is 10.1. The van der Waals surface area contributed by atoms with Crippen LogP contribution in [-0.2, 0) is 26.1 Å². The molecule has 0 bridgehead atoms. The molecule has 0 saturated carbocycles. The number of piperazine rings is 1. The summed E-state index contributed by atoms with van der Waals surface area (Å²) in [4.78, 5) is 26.4. The third-order valence-electron chi connectivity index (χ3n) is 5.64. The zero-order chi connectivity index (χ0) is 23.8. The summed E-state index contributed by atoms with van der Waals surface area (Å²) >= 11 is 0. The average Bonchev–Trinajstić information content (AvgIpc) is 2.83. The Morgan fingerprint density at radius 1 is 1.03 bits per heavy atom. The van der Waals surface area contributed by atoms with Crippen molar-refractivity contribution >= 4 is 21.9 Å². The molecule has 0 aliphatic carbocycles. The van der Waals surface area contributed by atoms with Gasteiger partial charge >= 0.3 is 5.97 Å². The molecule has 178 valence electrons. The number of sulfonamides is 1. The Balaban J connectivity index is 1.58. The van der Waals surface area contributed by atoms with Crippen LogP contribution in [0.15, 0.2) is 59.5 Å². The lowest BCUT2D eigenvalue weighted by atomic mass is 10.2. The first-order valence-electron chi connectivity index (χ1n) is 11.1. The van der Waals surface area contributed by atoms with Crippen molar-refractivity contribution in [2.24, 2.45) is 0 Å². The number of hydrogen-bond acceptors (Lipinski definition) is 6. The minimum absolute atomic E-state index is 0.0159. The molecular weight excluding hydrogens is 442 g/mol. The van der Waals surface area contributed by atoms with Gasteiger partial charge in [0, 0.05) is 38.8 Å². The quantitative estimate of drug-likeness (QED) is 0.562. The normalized spacial score (nSPS) is 16.2. The van der Waals surface area contributed by atoms with Gasteiger partial charge in [-0.05, 0) is 37.1 Å². The molecule has 8 nitrogen and oxygen atoms in total. The Labute approximate surface area is 195 Å². The highest BCUT2D eigenvalue weighted by atomic mass is 32.2. The summed E-state index contributed by atoms with van der Waals surface area (Å²) in [7, 11) is -3.75. The Kier molecular flexibility index (Phi) is 8.60. The molecule has 1 unspecified atom stereocenters. The summed E-state index contributed by atoms with van der Waals surface area (Å²) in [6.45, 7) is 6.16. The van der Waals surface area contributed by atoms with Crippen molar-refractivity contribution in [2.45, 2.75) is 37.8 Å². The molecule has 2 aromatic rings. The highest BCUT2D eigenvalue weighted by Gasteiger charge is 2.29. The van der Waals surface area contributed by atoms with Crippen molar-refractivity contribution in [1.29, 1.82) is 0 Å². The molecule has 9 heteroatoms. The van der Waals surface area contributed by atoms with Gasteiger partial charge in [-0.2, -0.15) is 4.31 Å². The summed E-state index contributed by atoms with van der Waals surface area (Å²) < 4.78 is 32.8. The fraction of sp³-hybridized carbons (Fsp3) is 0.417. The van der Waals surface area contributed by atoms with Gasteiger partial charge in [0.2, 0.25) is 10.0 Å². The van der Waals surface area contributed by atoms with Gasteiger partial charge in [0.15, 0.2) is 6.61 Å². The molecule has 33 heavy (non-hydrogen) atoms. The van der Waals surface area contributed by atoms with Gasteiger partial charge in [0.1, 0.15) is 0 Å². The molecule has 3 rings (SSSR count). The Morgan fingerprint density at radius 2 is 1.73 bits per heavy atom. The van der Waals surface area contributed by atoms with E-state index in [1.54, 1.807) is 0 Å². The van der Waals surface area contributed by atoms with Gasteiger partial charge in [-0.25, -0.2) is 13.2 Å². The maximum Gasteiger partial charge on any atom is 0.338 e. The van der Waals surface area contributed by atoms with E-state index in [-0.39, 0.29) is 16.5 Å². The van der Waals surface area contributed by atoms with Crippen LogP contribution in [-0.4, -0.2) is 68.3 Å². The number of hydrogen-bond donors (Lipinski definition) is 1. The summed E-state index contributed by atoms with van der Waals surface area (Å²) in [6, 6.07) is 15.8. The first kappa shape index (κ1) is 24.9. The fourth-order valence-electron chi connectivity index (χ4n) is 3.54. The Hall–Kier alpha value is -2.75. The lowest BCUT2D eigenvalue weighted by Gasteiger charge is -2.34. The lowest BCUT2D eigenvalue weighted by Crippen LogP contribution is -2.48. The molecule has 0 radical (unpaired) electrons. The largest absolute Gasteiger partial charge is 0.452 e. The van der Waals surface area contributed by atoms with Crippen LogP contribution >= 0.6 is 0 Å². The first-order chi connectivity index (χ1) is 15.8. The molecule has 1 N–H and O–H groups in total. The smallest absolute Gasteiger partial charge is 0.338 e. The van der Waals surface area contributed by atoms with E-state index in [0.29, 0.717) is 26.2 Å². The third kappa shape index (κ3) is 6.86. The average molecular weight is 474 g/mol. The molecule has 1 atom stereocenters. The van der Waals surface area contributed by atoms with Gasteiger partial charge in [0.05, 0.1) is 10.5 Å². The van der Waals surface area contributed by atoms with Crippen LogP contribution in [0.25, 0.3) is 0 Å². The van der Waals surface area contributed by atoms with Crippen LogP contribution in [0.1, 0.15) is 36.2 Å². The molecule has 1 heterocycles. The summed E-state index contributed by atoms with van der Waals surface area (Å²) in [5.41, 5.74) is 1.29. The second kappa shape index (κ2) is 11.4. The number of nitrogens with one attached hydrogen (secondary N) is 1. The van der Waals surface area contributed by atoms with E-state index in [4.69, 9.17) is 4.74 Å². The molecule has 1 amide bonds. The molecule has 0 spiro atoms. The molecule has 1 saturated heterocycles. The number of nitrogens with zero attached hydrogens (tertiary/aromatic N) is 2. The second-order valence-electron chi connectivity index (χ2n) is 8.15. The van der Waals surface area contributed by atoms with Gasteiger partial charge in [-0.1, -0.05) is 43.3 Å². The van der Waals surface area contributed by atoms with Crippen LogP contribution in [0.4, 0.5) is 0 Å². The number of amides is 1. The number of benzene rings is 2. The van der Waals surface area contributed by atoms with Gasteiger partial charge < -0.3 is 10.1 Å². The number of esters is 1. The summed E-state index contributed by atoms with van der Waals surface area (Å²) in [5.74, 6) is -1.13. The summed E-state index contributed by atoms with van der Waals surface area (Å²) in [6.07, 6.45) is 0.764. The third-order valence-corrected chi connectivity index (χ3v) is 7.54. The number of carbonyl (C=O) groups excluding carboxylic acids is 2. The lowest BCUT2D eigenvalue weighted by molar-refractivity contribution is -0.124. The number of rotatable bonds is 9.